The quantitative estimate of drug-likeness (QED) is 0.747. The van der Waals surface area contributed by atoms with Gasteiger partial charge in [-0.3, -0.25) is 9.59 Å². The van der Waals surface area contributed by atoms with Crippen LogP contribution in [0.5, 0.6) is 0 Å². The van der Waals surface area contributed by atoms with E-state index in [1.54, 1.807) is 0 Å². The summed E-state index contributed by atoms with van der Waals surface area (Å²) in [5, 5.41) is 3.04. The molecule has 4 heteroatoms. The SMILES string of the molecule is CC(C)(C)OC(=O)CC1CC2(CCC2)NC1=O. The van der Waals surface area contributed by atoms with Gasteiger partial charge in [0.2, 0.25) is 5.91 Å². The second-order valence-corrected chi connectivity index (χ2v) is 6.31. The second kappa shape index (κ2) is 4.00. The molecule has 2 fully saturated rings. The van der Waals surface area contributed by atoms with Crippen molar-refractivity contribution >= 4 is 11.9 Å². The number of ether oxygens (including phenoxy) is 1. The summed E-state index contributed by atoms with van der Waals surface area (Å²) in [5.41, 5.74) is -0.454. The van der Waals surface area contributed by atoms with Gasteiger partial charge in [0.15, 0.2) is 0 Å². The normalized spacial score (nSPS) is 26.5. The van der Waals surface area contributed by atoms with Gasteiger partial charge >= 0.3 is 5.97 Å². The van der Waals surface area contributed by atoms with Crippen molar-refractivity contribution in [3.05, 3.63) is 0 Å². The van der Waals surface area contributed by atoms with Crippen molar-refractivity contribution in [2.75, 3.05) is 0 Å². The number of hydrogen-bond acceptors (Lipinski definition) is 3. The van der Waals surface area contributed by atoms with Gasteiger partial charge < -0.3 is 10.1 Å². The zero-order chi connectivity index (χ0) is 12.7. The molecule has 1 spiro atoms. The summed E-state index contributed by atoms with van der Waals surface area (Å²) < 4.78 is 5.25. The maximum absolute atomic E-state index is 11.8. The van der Waals surface area contributed by atoms with Crippen LogP contribution in [0.3, 0.4) is 0 Å². The Balaban J connectivity index is 1.87. The van der Waals surface area contributed by atoms with Crippen molar-refractivity contribution in [3.63, 3.8) is 0 Å². The molecule has 0 bridgehead atoms. The lowest BCUT2D eigenvalue weighted by Crippen LogP contribution is -2.47. The van der Waals surface area contributed by atoms with Gasteiger partial charge in [-0.05, 0) is 46.5 Å². The van der Waals surface area contributed by atoms with Gasteiger partial charge in [-0.2, -0.15) is 0 Å². The van der Waals surface area contributed by atoms with Gasteiger partial charge in [-0.25, -0.2) is 0 Å². The summed E-state index contributed by atoms with van der Waals surface area (Å²) in [5.74, 6) is -0.435. The molecule has 1 saturated heterocycles. The first-order valence-corrected chi connectivity index (χ1v) is 6.34. The Morgan fingerprint density at radius 2 is 2.12 bits per heavy atom. The number of hydrogen-bond donors (Lipinski definition) is 1. The topological polar surface area (TPSA) is 55.4 Å². The minimum Gasteiger partial charge on any atom is -0.460 e. The van der Waals surface area contributed by atoms with Crippen LogP contribution in [0.4, 0.5) is 0 Å². The van der Waals surface area contributed by atoms with Crippen LogP contribution >= 0.6 is 0 Å². The molecule has 17 heavy (non-hydrogen) atoms. The van der Waals surface area contributed by atoms with Gasteiger partial charge in [0.25, 0.3) is 0 Å². The summed E-state index contributed by atoms with van der Waals surface area (Å²) in [6.07, 6.45) is 4.31. The van der Waals surface area contributed by atoms with E-state index in [1.807, 2.05) is 20.8 Å². The lowest BCUT2D eigenvalue weighted by Gasteiger charge is -2.38. The van der Waals surface area contributed by atoms with E-state index in [1.165, 1.54) is 6.42 Å². The molecule has 1 heterocycles. The van der Waals surface area contributed by atoms with E-state index in [-0.39, 0.29) is 29.8 Å². The third kappa shape index (κ3) is 2.79. The van der Waals surface area contributed by atoms with Gasteiger partial charge in [0.05, 0.1) is 12.3 Å². The zero-order valence-electron chi connectivity index (χ0n) is 10.8. The highest BCUT2D eigenvalue weighted by Crippen LogP contribution is 2.42. The molecular weight excluding hydrogens is 218 g/mol. The van der Waals surface area contributed by atoms with Crippen LogP contribution in [0.25, 0.3) is 0 Å². The Labute approximate surface area is 102 Å². The largest absolute Gasteiger partial charge is 0.460 e. The molecule has 1 aliphatic heterocycles. The van der Waals surface area contributed by atoms with Crippen LogP contribution in [0.1, 0.15) is 52.9 Å². The maximum Gasteiger partial charge on any atom is 0.307 e. The van der Waals surface area contributed by atoms with Crippen LogP contribution in [0.2, 0.25) is 0 Å². The lowest BCUT2D eigenvalue weighted by molar-refractivity contribution is -0.157. The molecular formula is C13H21NO3. The van der Waals surface area contributed by atoms with Crippen molar-refractivity contribution in [3.8, 4) is 0 Å². The Hall–Kier alpha value is -1.06. The molecule has 0 aromatic heterocycles. The van der Waals surface area contributed by atoms with E-state index in [0.717, 1.165) is 19.3 Å². The van der Waals surface area contributed by atoms with E-state index in [0.29, 0.717) is 0 Å². The van der Waals surface area contributed by atoms with E-state index >= 15 is 0 Å². The third-order valence-electron chi connectivity index (χ3n) is 3.54. The molecule has 96 valence electrons. The average Bonchev–Trinajstić information content (AvgIpc) is 2.39. The van der Waals surface area contributed by atoms with Crippen LogP contribution in [-0.2, 0) is 14.3 Å². The predicted molar refractivity (Wildman–Crippen MR) is 63.3 cm³/mol. The maximum atomic E-state index is 11.8. The van der Waals surface area contributed by atoms with Crippen LogP contribution in [0.15, 0.2) is 0 Å². The fourth-order valence-corrected chi connectivity index (χ4v) is 2.66. The van der Waals surface area contributed by atoms with E-state index in [4.69, 9.17) is 4.74 Å². The van der Waals surface area contributed by atoms with Crippen molar-refractivity contribution in [2.45, 2.75) is 64.0 Å². The summed E-state index contributed by atoms with van der Waals surface area (Å²) >= 11 is 0. The highest BCUT2D eigenvalue weighted by atomic mass is 16.6. The van der Waals surface area contributed by atoms with Gasteiger partial charge in [0, 0.05) is 5.54 Å². The minimum atomic E-state index is -0.472. The summed E-state index contributed by atoms with van der Waals surface area (Å²) in [7, 11) is 0. The van der Waals surface area contributed by atoms with Crippen LogP contribution < -0.4 is 5.32 Å². The molecule has 0 aromatic rings. The molecule has 2 aliphatic rings. The van der Waals surface area contributed by atoms with Gasteiger partial charge in [-0.15, -0.1) is 0 Å². The van der Waals surface area contributed by atoms with Crippen molar-refractivity contribution in [1.29, 1.82) is 0 Å². The first kappa shape index (κ1) is 12.4. The first-order chi connectivity index (χ1) is 7.80. The first-order valence-electron chi connectivity index (χ1n) is 6.34. The third-order valence-corrected chi connectivity index (χ3v) is 3.54. The van der Waals surface area contributed by atoms with Crippen molar-refractivity contribution in [1.82, 2.24) is 5.32 Å². The van der Waals surface area contributed by atoms with E-state index in [2.05, 4.69) is 5.32 Å². The molecule has 1 amide bonds. The minimum absolute atomic E-state index is 0.0176. The summed E-state index contributed by atoms with van der Waals surface area (Å²) in [6.45, 7) is 5.52. The van der Waals surface area contributed by atoms with Gasteiger partial charge in [-0.1, -0.05) is 0 Å². The molecule has 1 unspecified atom stereocenters. The number of esters is 1. The molecule has 1 atom stereocenters. The zero-order valence-corrected chi connectivity index (χ0v) is 10.8. The molecule has 4 nitrogen and oxygen atoms in total. The fraction of sp³-hybridized carbons (Fsp3) is 0.846. The lowest BCUT2D eigenvalue weighted by atomic mass is 9.74. The standard InChI is InChI=1S/C13H21NO3/c1-12(2,3)17-10(15)7-9-8-13(5-4-6-13)14-11(9)16/h9H,4-8H2,1-3H3,(H,14,16). The molecule has 1 saturated carbocycles. The van der Waals surface area contributed by atoms with Gasteiger partial charge in [0.1, 0.15) is 5.60 Å². The summed E-state index contributed by atoms with van der Waals surface area (Å²) in [4.78, 5) is 23.4. The summed E-state index contributed by atoms with van der Waals surface area (Å²) in [6, 6.07) is 0. The van der Waals surface area contributed by atoms with E-state index < -0.39 is 5.60 Å². The van der Waals surface area contributed by atoms with Crippen molar-refractivity contribution in [2.24, 2.45) is 5.92 Å². The van der Waals surface area contributed by atoms with Crippen LogP contribution in [-0.4, -0.2) is 23.0 Å². The Bertz CT molecular complexity index is 339. The smallest absolute Gasteiger partial charge is 0.307 e. The number of carbonyl (C=O) groups is 2. The number of rotatable bonds is 2. The average molecular weight is 239 g/mol. The Kier molecular flexibility index (Phi) is 2.92. The Morgan fingerprint density at radius 1 is 1.47 bits per heavy atom. The van der Waals surface area contributed by atoms with Crippen molar-refractivity contribution < 1.29 is 14.3 Å². The highest BCUT2D eigenvalue weighted by Gasteiger charge is 2.48. The molecule has 0 radical (unpaired) electrons. The second-order valence-electron chi connectivity index (χ2n) is 6.31. The number of carbonyl (C=O) groups excluding carboxylic acids is 2. The van der Waals surface area contributed by atoms with E-state index in [9.17, 15) is 9.59 Å². The highest BCUT2D eigenvalue weighted by molar-refractivity contribution is 5.86. The molecule has 1 N–H and O–H groups in total. The molecule has 2 rings (SSSR count). The number of nitrogens with one attached hydrogen (secondary N) is 1. The monoisotopic (exact) mass is 239 g/mol. The Morgan fingerprint density at radius 3 is 2.53 bits per heavy atom. The molecule has 1 aliphatic carbocycles. The predicted octanol–water partition coefficient (Wildman–Crippen LogP) is 1.78. The fourth-order valence-electron chi connectivity index (χ4n) is 2.66. The molecule has 0 aromatic carbocycles. The number of amides is 1. The van der Waals surface area contributed by atoms with Crippen LogP contribution in [0, 0.1) is 5.92 Å².